The van der Waals surface area contributed by atoms with Gasteiger partial charge >= 0.3 is 0 Å². The molecular weight excluding hydrogens is 519 g/mol. The van der Waals surface area contributed by atoms with Crippen LogP contribution >= 0.6 is 20.7 Å². The van der Waals surface area contributed by atoms with E-state index in [-0.39, 0.29) is 20.7 Å². The molecular formula is C30H19IO2. The first-order valence-corrected chi connectivity index (χ1v) is 13.4. The van der Waals surface area contributed by atoms with Crippen LogP contribution < -0.4 is 0 Å². The number of furan rings is 2. The highest BCUT2D eigenvalue weighted by molar-refractivity contribution is 14.2. The Balaban J connectivity index is 1.35. The second-order valence-corrected chi connectivity index (χ2v) is 10.6. The Labute approximate surface area is 200 Å². The van der Waals surface area contributed by atoms with E-state index in [0.717, 1.165) is 27.9 Å². The molecule has 158 valence electrons. The number of benzene rings is 4. The maximum absolute atomic E-state index is 6.06. The van der Waals surface area contributed by atoms with Gasteiger partial charge in [-0.15, -0.1) is 0 Å². The van der Waals surface area contributed by atoms with Crippen molar-refractivity contribution in [3.63, 3.8) is 0 Å². The van der Waals surface area contributed by atoms with Crippen molar-refractivity contribution in [3.05, 3.63) is 99.8 Å². The number of halogens is 1. The Morgan fingerprint density at radius 1 is 0.606 bits per heavy atom. The molecule has 0 amide bonds. The topological polar surface area (TPSA) is 26.3 Å². The van der Waals surface area contributed by atoms with Crippen LogP contribution in [0.1, 0.15) is 16.9 Å². The van der Waals surface area contributed by atoms with Crippen LogP contribution in [0.2, 0.25) is 0 Å². The number of hydrogen-bond acceptors (Lipinski definition) is 2. The zero-order valence-electron chi connectivity index (χ0n) is 17.9. The van der Waals surface area contributed by atoms with Crippen LogP contribution in [-0.2, 0) is 0 Å². The largest absolute Gasteiger partial charge is 0.456 e. The van der Waals surface area contributed by atoms with Crippen molar-refractivity contribution < 1.29 is 8.83 Å². The molecule has 33 heavy (non-hydrogen) atoms. The molecule has 0 aliphatic carbocycles. The van der Waals surface area contributed by atoms with Crippen LogP contribution in [-0.4, -0.2) is 4.01 Å². The smallest absolute Gasteiger partial charge is 0.136 e. The molecule has 0 saturated carbocycles. The van der Waals surface area contributed by atoms with E-state index in [2.05, 4.69) is 100.0 Å². The van der Waals surface area contributed by atoms with Gasteiger partial charge in [0.1, 0.15) is 22.5 Å². The van der Waals surface area contributed by atoms with Crippen molar-refractivity contribution in [2.75, 3.05) is 0 Å². The number of hydrogen-bond donors (Lipinski definition) is 0. The van der Waals surface area contributed by atoms with Gasteiger partial charge in [-0.25, -0.2) is 0 Å². The Bertz CT molecular complexity index is 1780. The lowest BCUT2D eigenvalue weighted by Crippen LogP contribution is -1.84. The average molecular weight is 538 g/mol. The predicted molar refractivity (Wildman–Crippen MR) is 147 cm³/mol. The number of rotatable bonds is 2. The molecule has 0 N–H and O–H groups in total. The summed E-state index contributed by atoms with van der Waals surface area (Å²) in [5.74, 6) is 0.984. The Morgan fingerprint density at radius 3 is 2.03 bits per heavy atom. The highest BCUT2D eigenvalue weighted by atomic mass is 127. The summed E-state index contributed by atoms with van der Waals surface area (Å²) in [6.07, 6.45) is 2.13. The van der Waals surface area contributed by atoms with Crippen LogP contribution in [0.4, 0.5) is 0 Å². The van der Waals surface area contributed by atoms with Gasteiger partial charge in [0.15, 0.2) is 0 Å². The van der Waals surface area contributed by atoms with Crippen molar-refractivity contribution >= 4 is 63.7 Å². The summed E-state index contributed by atoms with van der Waals surface area (Å²) in [6.45, 7) is 2.12. The molecule has 3 heterocycles. The Hall–Kier alpha value is -3.44. The standard InChI is InChI=1S/C30H19IO2/c1-18-5-8-27-23(13-18)24-15-21(6-9-28(24)32-27)19-3-2-4-20(14-19)22-7-10-29-25(16-22)26-17-31-12-11-30(26)33-29/h2-17H,1H3. The fourth-order valence-electron chi connectivity index (χ4n) is 4.69. The van der Waals surface area contributed by atoms with Gasteiger partial charge in [0.25, 0.3) is 0 Å². The molecule has 0 saturated heterocycles. The fraction of sp³-hybridized carbons (Fsp3) is 0.0333. The molecule has 0 atom stereocenters. The zero-order valence-corrected chi connectivity index (χ0v) is 20.1. The molecule has 2 aromatic heterocycles. The van der Waals surface area contributed by atoms with Crippen molar-refractivity contribution in [1.29, 1.82) is 0 Å². The summed E-state index contributed by atoms with van der Waals surface area (Å²) in [4.78, 5) is 0. The molecule has 0 radical (unpaired) electrons. The third-order valence-electron chi connectivity index (χ3n) is 6.37. The van der Waals surface area contributed by atoms with Gasteiger partial charge in [-0.1, -0.05) is 62.7 Å². The fourth-order valence-corrected chi connectivity index (χ4v) is 6.44. The van der Waals surface area contributed by atoms with Gasteiger partial charge in [-0.2, -0.15) is 0 Å². The summed E-state index contributed by atoms with van der Waals surface area (Å²) in [5.41, 5.74) is 10.1. The van der Waals surface area contributed by atoms with Gasteiger partial charge in [-0.3, -0.25) is 0 Å². The third-order valence-corrected chi connectivity index (χ3v) is 8.13. The average Bonchev–Trinajstić information content (AvgIpc) is 3.41. The number of fused-ring (bicyclic) bond motifs is 6. The molecule has 1 aliphatic heterocycles. The van der Waals surface area contributed by atoms with Gasteiger partial charge in [-0.05, 0) is 85.8 Å². The summed E-state index contributed by atoms with van der Waals surface area (Å²) in [7, 11) is 0. The van der Waals surface area contributed by atoms with Crippen molar-refractivity contribution in [3.8, 4) is 22.3 Å². The monoisotopic (exact) mass is 538 g/mol. The first kappa shape index (κ1) is 19.1. The minimum atomic E-state index is -0.0236. The van der Waals surface area contributed by atoms with E-state index in [1.807, 2.05) is 0 Å². The molecule has 0 bridgehead atoms. The summed E-state index contributed by atoms with van der Waals surface area (Å²) < 4.78 is 16.7. The maximum atomic E-state index is 6.06. The zero-order chi connectivity index (χ0) is 21.9. The van der Waals surface area contributed by atoms with E-state index in [1.54, 1.807) is 0 Å². The molecule has 3 heteroatoms. The van der Waals surface area contributed by atoms with Crippen LogP contribution in [0, 0.1) is 6.92 Å². The lowest BCUT2D eigenvalue weighted by atomic mass is 9.97. The summed E-state index contributed by atoms with van der Waals surface area (Å²) in [6, 6.07) is 28.2. The lowest BCUT2D eigenvalue weighted by Gasteiger charge is -2.07. The molecule has 6 aromatic rings. The van der Waals surface area contributed by atoms with Crippen LogP contribution in [0.3, 0.4) is 0 Å². The van der Waals surface area contributed by atoms with E-state index in [9.17, 15) is 0 Å². The van der Waals surface area contributed by atoms with Crippen LogP contribution in [0.5, 0.6) is 0 Å². The van der Waals surface area contributed by atoms with Crippen LogP contribution in [0.15, 0.2) is 91.8 Å². The molecule has 4 aromatic carbocycles. The summed E-state index contributed by atoms with van der Waals surface area (Å²) >= 11 is -0.0236. The molecule has 2 nitrogen and oxygen atoms in total. The third kappa shape index (κ3) is 3.10. The van der Waals surface area contributed by atoms with Crippen molar-refractivity contribution in [1.82, 2.24) is 0 Å². The van der Waals surface area contributed by atoms with E-state index in [1.165, 1.54) is 44.2 Å². The Kier molecular flexibility index (Phi) is 4.21. The van der Waals surface area contributed by atoms with Crippen molar-refractivity contribution in [2.45, 2.75) is 6.92 Å². The van der Waals surface area contributed by atoms with E-state index in [0.29, 0.717) is 0 Å². The van der Waals surface area contributed by atoms with Gasteiger partial charge in [0, 0.05) is 21.7 Å². The van der Waals surface area contributed by atoms with Crippen LogP contribution in [0.25, 0.3) is 61.2 Å². The highest BCUT2D eigenvalue weighted by Crippen LogP contribution is 2.36. The number of aryl methyl sites for hydroxylation is 1. The van der Waals surface area contributed by atoms with Crippen molar-refractivity contribution in [2.24, 2.45) is 0 Å². The van der Waals surface area contributed by atoms with Gasteiger partial charge in [0.2, 0.25) is 0 Å². The van der Waals surface area contributed by atoms with Gasteiger partial charge < -0.3 is 8.83 Å². The minimum absolute atomic E-state index is 0.0236. The Morgan fingerprint density at radius 2 is 1.24 bits per heavy atom. The molecule has 7 rings (SSSR count). The minimum Gasteiger partial charge on any atom is -0.456 e. The van der Waals surface area contributed by atoms with E-state index < -0.39 is 0 Å². The first-order chi connectivity index (χ1) is 16.2. The SMILES string of the molecule is Cc1ccc2oc3ccc(-c4cccc(-c5ccc6oc7c(c6c5)C=IC=C7)c4)cc3c2c1. The molecule has 1 aliphatic rings. The quantitative estimate of drug-likeness (QED) is 0.206. The van der Waals surface area contributed by atoms with Gasteiger partial charge in [0.05, 0.1) is 0 Å². The lowest BCUT2D eigenvalue weighted by molar-refractivity contribution is 0.604. The predicted octanol–water partition coefficient (Wildman–Crippen LogP) is 9.08. The highest BCUT2D eigenvalue weighted by Gasteiger charge is 2.14. The normalized spacial score (nSPS) is 13.0. The molecule has 0 fully saturated rings. The van der Waals surface area contributed by atoms with E-state index >= 15 is 0 Å². The van der Waals surface area contributed by atoms with E-state index in [4.69, 9.17) is 8.83 Å². The summed E-state index contributed by atoms with van der Waals surface area (Å²) in [5, 5.41) is 3.54. The molecule has 0 unspecified atom stereocenters. The second kappa shape index (κ2) is 7.29. The first-order valence-electron chi connectivity index (χ1n) is 10.9. The second-order valence-electron chi connectivity index (χ2n) is 8.51. The maximum Gasteiger partial charge on any atom is 0.136 e. The molecule has 0 spiro atoms.